The molecule has 1 fully saturated rings. The van der Waals surface area contributed by atoms with E-state index in [1.54, 1.807) is 6.92 Å². The van der Waals surface area contributed by atoms with Crippen molar-refractivity contribution in [3.8, 4) is 0 Å². The molecule has 0 radical (unpaired) electrons. The second-order valence-corrected chi connectivity index (χ2v) is 7.56. The number of carbonyl (C=O) groups excluding carboxylic acids is 2. The summed E-state index contributed by atoms with van der Waals surface area (Å²) >= 11 is 0. The molecule has 1 aromatic carbocycles. The Morgan fingerprint density at radius 1 is 1.10 bits per heavy atom. The number of benzene rings is 1. The fraction of sp³-hybridized carbons (Fsp3) is 0.524. The Morgan fingerprint density at radius 3 is 2.41 bits per heavy atom. The number of aromatic nitrogens is 2. The summed E-state index contributed by atoms with van der Waals surface area (Å²) in [4.78, 5) is 32.9. The molecule has 2 heterocycles. The predicted octanol–water partition coefficient (Wildman–Crippen LogP) is 2.10. The van der Waals surface area contributed by atoms with Gasteiger partial charge in [-0.05, 0) is 38.3 Å². The van der Waals surface area contributed by atoms with Gasteiger partial charge in [0.15, 0.2) is 5.82 Å². The first-order valence-corrected chi connectivity index (χ1v) is 10.1. The molecular formula is C21H29N5O3. The van der Waals surface area contributed by atoms with Crippen LogP contribution in [0.2, 0.25) is 0 Å². The molecule has 0 atom stereocenters. The normalized spacial score (nSPS) is 14.8. The van der Waals surface area contributed by atoms with Gasteiger partial charge in [-0.2, -0.15) is 4.98 Å². The van der Waals surface area contributed by atoms with E-state index in [1.807, 2.05) is 36.9 Å². The van der Waals surface area contributed by atoms with E-state index in [-0.39, 0.29) is 11.8 Å². The van der Waals surface area contributed by atoms with Crippen molar-refractivity contribution in [1.29, 1.82) is 0 Å². The SMILES string of the molecule is Cc1noc(CCCC(=O)N2CCN(CC(=O)Nc3c(C)cccc3C)CC2)n1. The molecule has 0 saturated carbocycles. The first-order valence-electron chi connectivity index (χ1n) is 10.1. The Bertz CT molecular complexity index is 836. The first kappa shape index (κ1) is 21.0. The summed E-state index contributed by atoms with van der Waals surface area (Å²) in [5, 5.41) is 6.78. The lowest BCUT2D eigenvalue weighted by atomic mass is 10.1. The lowest BCUT2D eigenvalue weighted by Gasteiger charge is -2.34. The van der Waals surface area contributed by atoms with Crippen LogP contribution in [0.15, 0.2) is 22.7 Å². The highest BCUT2D eigenvalue weighted by atomic mass is 16.5. The molecule has 0 spiro atoms. The summed E-state index contributed by atoms with van der Waals surface area (Å²) in [6, 6.07) is 5.97. The molecule has 2 aromatic rings. The second kappa shape index (κ2) is 9.65. The van der Waals surface area contributed by atoms with Gasteiger partial charge < -0.3 is 14.7 Å². The number of anilines is 1. The lowest BCUT2D eigenvalue weighted by molar-refractivity contribution is -0.133. The number of piperazine rings is 1. The van der Waals surface area contributed by atoms with Crippen LogP contribution in [0.5, 0.6) is 0 Å². The minimum Gasteiger partial charge on any atom is -0.340 e. The molecule has 1 N–H and O–H groups in total. The van der Waals surface area contributed by atoms with Crippen LogP contribution < -0.4 is 5.32 Å². The van der Waals surface area contributed by atoms with Crippen molar-refractivity contribution in [3.63, 3.8) is 0 Å². The number of amides is 2. The van der Waals surface area contributed by atoms with E-state index >= 15 is 0 Å². The number of nitrogens with zero attached hydrogens (tertiary/aromatic N) is 4. The Hall–Kier alpha value is -2.74. The standard InChI is InChI=1S/C21H29N5O3/c1-15-6-4-7-16(2)21(15)23-18(27)14-25-10-12-26(13-11-25)20(28)9-5-8-19-22-17(3)24-29-19/h4,6-7H,5,8-14H2,1-3H3,(H,23,27). The molecule has 3 rings (SSSR count). The zero-order valence-electron chi connectivity index (χ0n) is 17.4. The summed E-state index contributed by atoms with van der Waals surface area (Å²) < 4.78 is 5.07. The monoisotopic (exact) mass is 399 g/mol. The fourth-order valence-electron chi connectivity index (χ4n) is 3.54. The van der Waals surface area contributed by atoms with E-state index in [1.165, 1.54) is 0 Å². The summed E-state index contributed by atoms with van der Waals surface area (Å²) in [6.45, 7) is 8.81. The van der Waals surface area contributed by atoms with Crippen molar-refractivity contribution < 1.29 is 14.1 Å². The number of nitrogens with one attached hydrogen (secondary N) is 1. The average Bonchev–Trinajstić information content (AvgIpc) is 3.10. The third kappa shape index (κ3) is 5.87. The summed E-state index contributed by atoms with van der Waals surface area (Å²) in [7, 11) is 0. The number of para-hydroxylation sites is 1. The highest BCUT2D eigenvalue weighted by Crippen LogP contribution is 2.19. The van der Waals surface area contributed by atoms with Crippen LogP contribution in [0.1, 0.15) is 35.7 Å². The highest BCUT2D eigenvalue weighted by Gasteiger charge is 2.22. The van der Waals surface area contributed by atoms with Gasteiger partial charge in [-0.25, -0.2) is 0 Å². The number of aryl methyl sites for hydroxylation is 4. The summed E-state index contributed by atoms with van der Waals surface area (Å²) in [5.74, 6) is 1.32. The van der Waals surface area contributed by atoms with Crippen LogP contribution in [-0.4, -0.2) is 64.5 Å². The second-order valence-electron chi connectivity index (χ2n) is 7.56. The third-order valence-corrected chi connectivity index (χ3v) is 5.19. The molecule has 0 bridgehead atoms. The molecule has 2 amide bonds. The van der Waals surface area contributed by atoms with Gasteiger partial charge in [0.05, 0.1) is 6.54 Å². The van der Waals surface area contributed by atoms with Crippen LogP contribution in [0.3, 0.4) is 0 Å². The predicted molar refractivity (Wildman–Crippen MR) is 110 cm³/mol. The Morgan fingerprint density at radius 2 is 1.79 bits per heavy atom. The Kier molecular flexibility index (Phi) is 6.98. The fourth-order valence-corrected chi connectivity index (χ4v) is 3.54. The molecule has 0 unspecified atom stereocenters. The first-order chi connectivity index (χ1) is 13.9. The van der Waals surface area contributed by atoms with Gasteiger partial charge >= 0.3 is 0 Å². The van der Waals surface area contributed by atoms with Crippen LogP contribution in [-0.2, 0) is 16.0 Å². The van der Waals surface area contributed by atoms with Gasteiger partial charge in [0, 0.05) is 44.7 Å². The largest absolute Gasteiger partial charge is 0.340 e. The maximum atomic E-state index is 12.4. The van der Waals surface area contributed by atoms with Crippen molar-refractivity contribution in [2.45, 2.75) is 40.0 Å². The Balaban J connectivity index is 1.38. The van der Waals surface area contributed by atoms with Gasteiger partial charge in [0.25, 0.3) is 0 Å². The van der Waals surface area contributed by atoms with Crippen LogP contribution in [0, 0.1) is 20.8 Å². The maximum Gasteiger partial charge on any atom is 0.238 e. The van der Waals surface area contributed by atoms with E-state index in [0.29, 0.717) is 63.7 Å². The molecule has 156 valence electrons. The number of hydrogen-bond acceptors (Lipinski definition) is 6. The number of carbonyl (C=O) groups is 2. The Labute approximate surface area is 171 Å². The van der Waals surface area contributed by atoms with Crippen LogP contribution >= 0.6 is 0 Å². The van der Waals surface area contributed by atoms with Crippen molar-refractivity contribution >= 4 is 17.5 Å². The minimum atomic E-state index is -0.0166. The topological polar surface area (TPSA) is 91.6 Å². The smallest absolute Gasteiger partial charge is 0.238 e. The quantitative estimate of drug-likeness (QED) is 0.767. The van der Waals surface area contributed by atoms with E-state index < -0.39 is 0 Å². The average molecular weight is 399 g/mol. The lowest BCUT2D eigenvalue weighted by Crippen LogP contribution is -2.50. The molecule has 8 heteroatoms. The van der Waals surface area contributed by atoms with Gasteiger partial charge in [-0.3, -0.25) is 14.5 Å². The molecular weight excluding hydrogens is 370 g/mol. The maximum absolute atomic E-state index is 12.4. The molecule has 1 aromatic heterocycles. The van der Waals surface area contributed by atoms with Gasteiger partial charge in [0.2, 0.25) is 17.7 Å². The van der Waals surface area contributed by atoms with Gasteiger partial charge in [-0.1, -0.05) is 23.4 Å². The van der Waals surface area contributed by atoms with E-state index in [2.05, 4.69) is 20.4 Å². The van der Waals surface area contributed by atoms with Gasteiger partial charge in [0.1, 0.15) is 0 Å². The molecule has 1 aliphatic heterocycles. The number of hydrogen-bond donors (Lipinski definition) is 1. The highest BCUT2D eigenvalue weighted by molar-refractivity contribution is 5.93. The van der Waals surface area contributed by atoms with Crippen LogP contribution in [0.4, 0.5) is 5.69 Å². The minimum absolute atomic E-state index is 0.0166. The molecule has 0 aliphatic carbocycles. The zero-order chi connectivity index (χ0) is 20.8. The summed E-state index contributed by atoms with van der Waals surface area (Å²) in [5.41, 5.74) is 3.01. The van der Waals surface area contributed by atoms with Crippen molar-refractivity contribution in [2.24, 2.45) is 0 Å². The van der Waals surface area contributed by atoms with Crippen LogP contribution in [0.25, 0.3) is 0 Å². The third-order valence-electron chi connectivity index (χ3n) is 5.19. The van der Waals surface area contributed by atoms with E-state index in [4.69, 9.17) is 4.52 Å². The van der Waals surface area contributed by atoms with E-state index in [9.17, 15) is 9.59 Å². The van der Waals surface area contributed by atoms with Crippen molar-refractivity contribution in [2.75, 3.05) is 38.0 Å². The van der Waals surface area contributed by atoms with E-state index in [0.717, 1.165) is 16.8 Å². The zero-order valence-corrected chi connectivity index (χ0v) is 17.4. The molecule has 1 saturated heterocycles. The number of rotatable bonds is 7. The van der Waals surface area contributed by atoms with Crippen molar-refractivity contribution in [1.82, 2.24) is 19.9 Å². The van der Waals surface area contributed by atoms with Crippen molar-refractivity contribution in [3.05, 3.63) is 41.0 Å². The summed E-state index contributed by atoms with van der Waals surface area (Å²) in [6.07, 6.45) is 1.78. The molecule has 1 aliphatic rings. The van der Waals surface area contributed by atoms with Gasteiger partial charge in [-0.15, -0.1) is 0 Å². The molecule has 29 heavy (non-hydrogen) atoms. The molecule has 8 nitrogen and oxygen atoms in total.